The van der Waals surface area contributed by atoms with E-state index in [1.54, 1.807) is 11.0 Å². The van der Waals surface area contributed by atoms with Gasteiger partial charge in [0.2, 0.25) is 5.91 Å². The molecule has 2 aromatic rings. The molecule has 3 rings (SSSR count). The fourth-order valence-corrected chi connectivity index (χ4v) is 2.71. The Labute approximate surface area is 154 Å². The first-order chi connectivity index (χ1) is 10.7. The molecule has 2 heterocycles. The molecule has 1 amide bonds. The molecule has 0 spiro atoms. The highest BCUT2D eigenvalue weighted by molar-refractivity contribution is 5.97. The van der Waals surface area contributed by atoms with E-state index in [2.05, 4.69) is 20.7 Å². The summed E-state index contributed by atoms with van der Waals surface area (Å²) < 4.78 is 1.76. The van der Waals surface area contributed by atoms with Crippen molar-refractivity contribution in [2.45, 2.75) is 38.3 Å². The Bertz CT molecular complexity index is 624. The summed E-state index contributed by atoms with van der Waals surface area (Å²) in [4.78, 5) is 16.4. The Kier molecular flexibility index (Phi) is 7.66. The number of nitrogens with zero attached hydrogens (tertiary/aromatic N) is 3. The van der Waals surface area contributed by atoms with Crippen molar-refractivity contribution >= 4 is 36.4 Å². The number of hydrogen-bond acceptors (Lipinski definition) is 4. The highest BCUT2D eigenvalue weighted by Crippen LogP contribution is 2.21. The van der Waals surface area contributed by atoms with Gasteiger partial charge in [-0.15, -0.1) is 24.8 Å². The first kappa shape index (κ1) is 20.4. The van der Waals surface area contributed by atoms with E-state index in [0.29, 0.717) is 6.54 Å². The van der Waals surface area contributed by atoms with Gasteiger partial charge in [0.1, 0.15) is 12.7 Å². The summed E-state index contributed by atoms with van der Waals surface area (Å²) in [6.07, 6.45) is 6.31. The van der Waals surface area contributed by atoms with Crippen molar-refractivity contribution in [3.05, 3.63) is 42.5 Å². The van der Waals surface area contributed by atoms with Crippen molar-refractivity contribution < 1.29 is 4.79 Å². The molecule has 24 heavy (non-hydrogen) atoms. The average molecular weight is 372 g/mol. The Morgan fingerprint density at radius 1 is 1.29 bits per heavy atom. The number of halogens is 2. The largest absolute Gasteiger partial charge is 0.324 e. The van der Waals surface area contributed by atoms with Crippen molar-refractivity contribution in [1.29, 1.82) is 0 Å². The number of nitrogens with one attached hydrogen (secondary N) is 2. The van der Waals surface area contributed by atoms with Gasteiger partial charge >= 0.3 is 0 Å². The van der Waals surface area contributed by atoms with Crippen LogP contribution >= 0.6 is 24.8 Å². The number of carbonyl (C=O) groups excluding carboxylic acids is 1. The van der Waals surface area contributed by atoms with Crippen LogP contribution in [-0.4, -0.2) is 32.8 Å². The maximum Gasteiger partial charge on any atom is 0.244 e. The summed E-state index contributed by atoms with van der Waals surface area (Å²) in [7, 11) is 0. The van der Waals surface area contributed by atoms with Gasteiger partial charge in [0.15, 0.2) is 0 Å². The number of anilines is 1. The molecule has 0 bridgehead atoms. The summed E-state index contributed by atoms with van der Waals surface area (Å²) in [5.74, 6) is 0.0382. The molecule has 1 unspecified atom stereocenters. The van der Waals surface area contributed by atoms with E-state index < -0.39 is 5.54 Å². The number of hydrogen-bond donors (Lipinski definition) is 2. The lowest BCUT2D eigenvalue weighted by atomic mass is 9.90. The van der Waals surface area contributed by atoms with Crippen LogP contribution in [0.1, 0.15) is 31.7 Å². The van der Waals surface area contributed by atoms with E-state index in [1.807, 2.05) is 31.2 Å². The van der Waals surface area contributed by atoms with Gasteiger partial charge in [0.25, 0.3) is 0 Å². The number of amides is 1. The normalized spacial score (nSPS) is 19.7. The van der Waals surface area contributed by atoms with Gasteiger partial charge in [-0.1, -0.05) is 12.1 Å². The second-order valence-corrected chi connectivity index (χ2v) is 5.96. The molecule has 2 N–H and O–H groups in total. The number of piperidine rings is 1. The van der Waals surface area contributed by atoms with E-state index >= 15 is 0 Å². The first-order valence-corrected chi connectivity index (χ1v) is 7.64. The van der Waals surface area contributed by atoms with E-state index in [9.17, 15) is 4.79 Å². The average Bonchev–Trinajstić information content (AvgIpc) is 3.03. The molecule has 0 saturated carbocycles. The Morgan fingerprint density at radius 3 is 2.62 bits per heavy atom. The van der Waals surface area contributed by atoms with Crippen LogP contribution in [0.25, 0.3) is 0 Å². The minimum Gasteiger partial charge on any atom is -0.324 e. The van der Waals surface area contributed by atoms with Crippen LogP contribution in [0.5, 0.6) is 0 Å². The molecule has 1 aromatic carbocycles. The van der Waals surface area contributed by atoms with Gasteiger partial charge in [-0.2, -0.15) is 5.10 Å². The molecule has 0 aliphatic carbocycles. The van der Waals surface area contributed by atoms with Crippen LogP contribution in [0.2, 0.25) is 0 Å². The molecule has 1 atom stereocenters. The van der Waals surface area contributed by atoms with E-state index in [1.165, 1.54) is 6.33 Å². The quantitative estimate of drug-likeness (QED) is 0.866. The first-order valence-electron chi connectivity index (χ1n) is 7.64. The predicted octanol–water partition coefficient (Wildman–Crippen LogP) is 2.64. The molecular weight excluding hydrogens is 349 g/mol. The molecule has 0 radical (unpaired) electrons. The van der Waals surface area contributed by atoms with Gasteiger partial charge < -0.3 is 10.6 Å². The molecular formula is C16H23Cl2N5O. The monoisotopic (exact) mass is 371 g/mol. The van der Waals surface area contributed by atoms with Crippen LogP contribution in [0.4, 0.5) is 5.69 Å². The third-order valence-electron chi connectivity index (χ3n) is 4.14. The number of benzene rings is 1. The van der Waals surface area contributed by atoms with Crippen molar-refractivity contribution in [3.63, 3.8) is 0 Å². The second kappa shape index (κ2) is 9.01. The van der Waals surface area contributed by atoms with Gasteiger partial charge in [-0.3, -0.25) is 4.79 Å². The summed E-state index contributed by atoms with van der Waals surface area (Å²) >= 11 is 0. The standard InChI is InChI=1S/C16H21N5O.2ClH/c1-16(8-2-3-9-18-16)15(22)20-14-6-4-13(5-7-14)10-21-12-17-11-19-21;;/h4-7,11-12,18H,2-3,8-10H2,1H3,(H,20,22);2*1H. The third kappa shape index (κ3) is 4.93. The van der Waals surface area contributed by atoms with Gasteiger partial charge in [0.05, 0.1) is 12.1 Å². The third-order valence-corrected chi connectivity index (χ3v) is 4.14. The van der Waals surface area contributed by atoms with E-state index in [-0.39, 0.29) is 30.7 Å². The van der Waals surface area contributed by atoms with Gasteiger partial charge in [0, 0.05) is 5.69 Å². The summed E-state index contributed by atoms with van der Waals surface area (Å²) in [6, 6.07) is 7.84. The molecule has 132 valence electrons. The van der Waals surface area contributed by atoms with E-state index in [4.69, 9.17) is 0 Å². The summed E-state index contributed by atoms with van der Waals surface area (Å²) in [6.45, 7) is 3.55. The zero-order chi connectivity index (χ0) is 15.4. The highest BCUT2D eigenvalue weighted by atomic mass is 35.5. The second-order valence-electron chi connectivity index (χ2n) is 5.96. The van der Waals surface area contributed by atoms with Crippen LogP contribution in [0, 0.1) is 0 Å². The van der Waals surface area contributed by atoms with Crippen molar-refractivity contribution in [1.82, 2.24) is 20.1 Å². The molecule has 6 nitrogen and oxygen atoms in total. The number of aromatic nitrogens is 3. The highest BCUT2D eigenvalue weighted by Gasteiger charge is 2.34. The van der Waals surface area contributed by atoms with E-state index in [0.717, 1.165) is 37.1 Å². The fourth-order valence-electron chi connectivity index (χ4n) is 2.71. The van der Waals surface area contributed by atoms with Crippen LogP contribution in [-0.2, 0) is 11.3 Å². The molecule has 1 aliphatic rings. The zero-order valence-electron chi connectivity index (χ0n) is 13.6. The molecule has 1 aliphatic heterocycles. The smallest absolute Gasteiger partial charge is 0.244 e. The van der Waals surface area contributed by atoms with Crippen molar-refractivity contribution in [2.24, 2.45) is 0 Å². The van der Waals surface area contributed by atoms with Crippen molar-refractivity contribution in [3.8, 4) is 0 Å². The SMILES string of the molecule is CC1(C(=O)Nc2ccc(Cn3cncn3)cc2)CCCCN1.Cl.Cl. The molecule has 1 aromatic heterocycles. The fraction of sp³-hybridized carbons (Fsp3) is 0.438. The summed E-state index contributed by atoms with van der Waals surface area (Å²) in [5, 5.41) is 10.4. The number of rotatable bonds is 4. The maximum absolute atomic E-state index is 12.4. The molecule has 1 saturated heterocycles. The topological polar surface area (TPSA) is 71.8 Å². The van der Waals surface area contributed by atoms with Crippen LogP contribution in [0.15, 0.2) is 36.9 Å². The lowest BCUT2D eigenvalue weighted by molar-refractivity contribution is -0.122. The van der Waals surface area contributed by atoms with Gasteiger partial charge in [-0.25, -0.2) is 9.67 Å². The Balaban J connectivity index is 0.00000144. The van der Waals surface area contributed by atoms with Crippen LogP contribution < -0.4 is 10.6 Å². The predicted molar refractivity (Wildman–Crippen MR) is 99.0 cm³/mol. The minimum atomic E-state index is -0.461. The lowest BCUT2D eigenvalue weighted by Crippen LogP contribution is -2.54. The van der Waals surface area contributed by atoms with Crippen LogP contribution in [0.3, 0.4) is 0 Å². The summed E-state index contributed by atoms with van der Waals surface area (Å²) in [5.41, 5.74) is 1.48. The molecule has 8 heteroatoms. The Hall–Kier alpha value is -1.63. The van der Waals surface area contributed by atoms with Crippen molar-refractivity contribution in [2.75, 3.05) is 11.9 Å². The Morgan fingerprint density at radius 2 is 2.04 bits per heavy atom. The minimum absolute atomic E-state index is 0. The zero-order valence-corrected chi connectivity index (χ0v) is 15.2. The number of carbonyl (C=O) groups is 1. The lowest BCUT2D eigenvalue weighted by Gasteiger charge is -2.33. The maximum atomic E-state index is 12.4. The van der Waals surface area contributed by atoms with Gasteiger partial charge in [-0.05, 0) is 50.4 Å². The molecule has 1 fully saturated rings.